The first kappa shape index (κ1) is 18.2. The fourth-order valence-corrected chi connectivity index (χ4v) is 3.31. The monoisotopic (exact) mass is 413 g/mol. The van der Waals surface area contributed by atoms with Gasteiger partial charge in [0.05, 0.1) is 16.3 Å². The summed E-state index contributed by atoms with van der Waals surface area (Å²) in [7, 11) is 0. The number of amides is 1. The molecular weight excluding hydrogens is 404 g/mol. The van der Waals surface area contributed by atoms with Gasteiger partial charge in [-0.25, -0.2) is 0 Å². The zero-order valence-corrected chi connectivity index (χ0v) is 15.9. The highest BCUT2D eigenvalue weighted by Crippen LogP contribution is 2.31. The zero-order chi connectivity index (χ0) is 18.1. The van der Waals surface area contributed by atoms with Crippen LogP contribution in [-0.4, -0.2) is 5.91 Å². The van der Waals surface area contributed by atoms with E-state index in [4.69, 9.17) is 50.8 Å². The topological polar surface area (TPSA) is 42.2 Å². The van der Waals surface area contributed by atoms with Gasteiger partial charge in [0.25, 0.3) is 5.91 Å². The number of benzene rings is 2. The van der Waals surface area contributed by atoms with Crippen molar-refractivity contribution < 1.29 is 9.21 Å². The van der Waals surface area contributed by atoms with Gasteiger partial charge in [0, 0.05) is 20.6 Å². The van der Waals surface area contributed by atoms with Crippen molar-refractivity contribution in [3.63, 3.8) is 0 Å². The van der Waals surface area contributed by atoms with Crippen molar-refractivity contribution in [2.45, 2.75) is 6.92 Å². The minimum Gasteiger partial charge on any atom is -0.461 e. The lowest BCUT2D eigenvalue weighted by Gasteiger charge is -2.06. The van der Waals surface area contributed by atoms with Gasteiger partial charge in [-0.3, -0.25) is 4.79 Å². The summed E-state index contributed by atoms with van der Waals surface area (Å²) in [6.45, 7) is 1.70. The average molecular weight is 415 g/mol. The Morgan fingerprint density at radius 3 is 2.24 bits per heavy atom. The van der Waals surface area contributed by atoms with Gasteiger partial charge in [-0.1, -0.05) is 46.4 Å². The quantitative estimate of drug-likeness (QED) is 0.495. The Kier molecular flexibility index (Phi) is 5.30. The van der Waals surface area contributed by atoms with E-state index in [1.807, 2.05) is 0 Å². The molecule has 1 aromatic heterocycles. The van der Waals surface area contributed by atoms with E-state index < -0.39 is 0 Å². The molecule has 1 heterocycles. The first-order valence-corrected chi connectivity index (χ1v) is 8.68. The summed E-state index contributed by atoms with van der Waals surface area (Å²) in [4.78, 5) is 12.5. The second kappa shape index (κ2) is 7.30. The normalized spacial score (nSPS) is 10.8. The summed E-state index contributed by atoms with van der Waals surface area (Å²) >= 11 is 24.0. The molecule has 0 aliphatic carbocycles. The third-order valence-corrected chi connectivity index (χ3v) is 4.47. The molecule has 2 aromatic carbocycles. The standard InChI is InChI=1S/C18H11Cl4NO2/c1-9-14(18(24)23-16-3-2-11(19)7-15(16)22)8-17(25-9)10-4-12(20)6-13(21)5-10/h2-8H,1H3,(H,23,24). The molecule has 0 aliphatic heterocycles. The van der Waals surface area contributed by atoms with Crippen LogP contribution in [0.15, 0.2) is 46.9 Å². The van der Waals surface area contributed by atoms with Crippen molar-refractivity contribution in [1.82, 2.24) is 0 Å². The van der Waals surface area contributed by atoms with Crippen LogP contribution in [0.2, 0.25) is 20.1 Å². The van der Waals surface area contributed by atoms with Gasteiger partial charge in [-0.2, -0.15) is 0 Å². The maximum atomic E-state index is 12.5. The zero-order valence-electron chi connectivity index (χ0n) is 12.9. The van der Waals surface area contributed by atoms with Crippen LogP contribution >= 0.6 is 46.4 Å². The average Bonchev–Trinajstić information content (AvgIpc) is 2.91. The van der Waals surface area contributed by atoms with Crippen molar-refractivity contribution in [2.24, 2.45) is 0 Å². The van der Waals surface area contributed by atoms with Gasteiger partial charge in [0.2, 0.25) is 0 Å². The first-order valence-electron chi connectivity index (χ1n) is 7.17. The molecule has 3 rings (SSSR count). The molecule has 0 radical (unpaired) electrons. The molecule has 1 amide bonds. The number of aryl methyl sites for hydroxylation is 1. The fourth-order valence-electron chi connectivity index (χ4n) is 2.33. The Morgan fingerprint density at radius 2 is 1.60 bits per heavy atom. The predicted molar refractivity (Wildman–Crippen MR) is 103 cm³/mol. The highest BCUT2D eigenvalue weighted by atomic mass is 35.5. The summed E-state index contributed by atoms with van der Waals surface area (Å²) in [5.41, 5.74) is 1.53. The van der Waals surface area contributed by atoms with Crippen molar-refractivity contribution in [3.8, 4) is 11.3 Å². The van der Waals surface area contributed by atoms with Crippen LogP contribution in [0.1, 0.15) is 16.1 Å². The van der Waals surface area contributed by atoms with Crippen molar-refractivity contribution >= 4 is 58.0 Å². The van der Waals surface area contributed by atoms with E-state index in [9.17, 15) is 4.79 Å². The third kappa shape index (κ3) is 4.13. The summed E-state index contributed by atoms with van der Waals surface area (Å²) in [6, 6.07) is 11.5. The van der Waals surface area contributed by atoms with E-state index in [0.29, 0.717) is 48.4 Å². The van der Waals surface area contributed by atoms with E-state index in [2.05, 4.69) is 5.32 Å². The highest BCUT2D eigenvalue weighted by molar-refractivity contribution is 6.37. The summed E-state index contributed by atoms with van der Waals surface area (Å²) in [6.07, 6.45) is 0. The smallest absolute Gasteiger partial charge is 0.259 e. The van der Waals surface area contributed by atoms with Crippen molar-refractivity contribution in [1.29, 1.82) is 0 Å². The van der Waals surface area contributed by atoms with Crippen LogP contribution < -0.4 is 5.32 Å². The minimum atomic E-state index is -0.343. The van der Waals surface area contributed by atoms with Crippen molar-refractivity contribution in [2.75, 3.05) is 5.32 Å². The summed E-state index contributed by atoms with van der Waals surface area (Å²) in [5, 5.41) is 4.54. The van der Waals surface area contributed by atoms with Gasteiger partial charge in [0.1, 0.15) is 11.5 Å². The van der Waals surface area contributed by atoms with Crippen LogP contribution in [0.5, 0.6) is 0 Å². The number of carbonyl (C=O) groups is 1. The highest BCUT2D eigenvalue weighted by Gasteiger charge is 2.17. The van der Waals surface area contributed by atoms with E-state index in [0.717, 1.165) is 0 Å². The first-order chi connectivity index (χ1) is 11.8. The number of hydrogen-bond donors (Lipinski definition) is 1. The lowest BCUT2D eigenvalue weighted by Crippen LogP contribution is -2.12. The molecule has 0 bridgehead atoms. The maximum absolute atomic E-state index is 12.5. The van der Waals surface area contributed by atoms with Crippen LogP contribution in [0.3, 0.4) is 0 Å². The van der Waals surface area contributed by atoms with Crippen LogP contribution in [-0.2, 0) is 0 Å². The van der Waals surface area contributed by atoms with Crippen LogP contribution in [0, 0.1) is 6.92 Å². The summed E-state index contributed by atoms with van der Waals surface area (Å²) in [5.74, 6) is 0.618. The molecule has 128 valence electrons. The van der Waals surface area contributed by atoms with E-state index in [1.54, 1.807) is 49.4 Å². The molecule has 25 heavy (non-hydrogen) atoms. The lowest BCUT2D eigenvalue weighted by atomic mass is 10.1. The van der Waals surface area contributed by atoms with E-state index >= 15 is 0 Å². The molecular formula is C18H11Cl4NO2. The number of hydrogen-bond acceptors (Lipinski definition) is 2. The van der Waals surface area contributed by atoms with Gasteiger partial charge >= 0.3 is 0 Å². The molecule has 7 heteroatoms. The molecule has 0 fully saturated rings. The Bertz CT molecular complexity index is 945. The van der Waals surface area contributed by atoms with Crippen LogP contribution in [0.4, 0.5) is 5.69 Å². The number of furan rings is 1. The van der Waals surface area contributed by atoms with Crippen molar-refractivity contribution in [3.05, 3.63) is 73.9 Å². The lowest BCUT2D eigenvalue weighted by molar-refractivity contribution is 0.102. The Hall–Kier alpha value is -1.65. The molecule has 0 atom stereocenters. The molecule has 0 saturated heterocycles. The molecule has 0 saturated carbocycles. The molecule has 1 N–H and O–H groups in total. The number of rotatable bonds is 3. The Balaban J connectivity index is 1.90. The number of carbonyl (C=O) groups excluding carboxylic acids is 1. The number of halogens is 4. The van der Waals surface area contributed by atoms with E-state index in [-0.39, 0.29) is 5.91 Å². The van der Waals surface area contributed by atoms with Crippen LogP contribution in [0.25, 0.3) is 11.3 Å². The Morgan fingerprint density at radius 1 is 0.920 bits per heavy atom. The molecule has 3 aromatic rings. The predicted octanol–water partition coefficient (Wildman–Crippen LogP) is 7.12. The van der Waals surface area contributed by atoms with Gasteiger partial charge < -0.3 is 9.73 Å². The second-order valence-corrected chi connectivity index (χ2v) is 7.03. The molecule has 3 nitrogen and oxygen atoms in total. The molecule has 0 unspecified atom stereocenters. The minimum absolute atomic E-state index is 0.343. The second-order valence-electron chi connectivity index (χ2n) is 5.32. The molecule has 0 aliphatic rings. The summed E-state index contributed by atoms with van der Waals surface area (Å²) < 4.78 is 5.69. The molecule has 0 spiro atoms. The number of anilines is 1. The van der Waals surface area contributed by atoms with Gasteiger partial charge in [0.15, 0.2) is 0 Å². The fraction of sp³-hybridized carbons (Fsp3) is 0.0556. The number of nitrogens with one attached hydrogen (secondary N) is 1. The largest absolute Gasteiger partial charge is 0.461 e. The van der Waals surface area contributed by atoms with Gasteiger partial charge in [-0.05, 0) is 49.4 Å². The van der Waals surface area contributed by atoms with E-state index in [1.165, 1.54) is 0 Å². The SMILES string of the molecule is Cc1oc(-c2cc(Cl)cc(Cl)c2)cc1C(=O)Nc1ccc(Cl)cc1Cl. The maximum Gasteiger partial charge on any atom is 0.259 e. The third-order valence-electron chi connectivity index (χ3n) is 3.49. The Labute approximate surface area is 164 Å². The van der Waals surface area contributed by atoms with Gasteiger partial charge in [-0.15, -0.1) is 0 Å².